The van der Waals surface area contributed by atoms with Crippen LogP contribution in [0.25, 0.3) is 0 Å². The molecule has 2 aromatic carbocycles. The lowest BCUT2D eigenvalue weighted by molar-refractivity contribution is 0.145. The molecule has 1 aliphatic rings. The molecule has 0 saturated heterocycles. The molecule has 0 saturated carbocycles. The van der Waals surface area contributed by atoms with E-state index in [9.17, 15) is 5.11 Å². The van der Waals surface area contributed by atoms with Crippen LogP contribution in [0.5, 0.6) is 5.75 Å². The number of fused-ring (bicyclic) bond motifs is 1. The lowest BCUT2D eigenvalue weighted by atomic mass is 9.86. The third-order valence-electron chi connectivity index (χ3n) is 4.16. The molecule has 0 amide bonds. The van der Waals surface area contributed by atoms with E-state index in [0.717, 1.165) is 28.3 Å². The van der Waals surface area contributed by atoms with Crippen LogP contribution in [0.1, 0.15) is 41.6 Å². The molecule has 2 atom stereocenters. The molecule has 2 unspecified atom stereocenters. The van der Waals surface area contributed by atoms with Gasteiger partial charge in [0.1, 0.15) is 5.75 Å². The Kier molecular flexibility index (Phi) is 4.18. The van der Waals surface area contributed by atoms with Gasteiger partial charge in [0, 0.05) is 5.02 Å². The van der Waals surface area contributed by atoms with Gasteiger partial charge in [0.25, 0.3) is 0 Å². The molecular formula is C18H19ClO2. The third-order valence-corrected chi connectivity index (χ3v) is 4.58. The van der Waals surface area contributed by atoms with E-state index in [1.807, 2.05) is 43.3 Å². The van der Waals surface area contributed by atoms with Crippen molar-refractivity contribution in [2.45, 2.75) is 31.8 Å². The number of aryl methyl sites for hydroxylation is 1. The zero-order chi connectivity index (χ0) is 14.8. The first kappa shape index (κ1) is 14.4. The molecule has 0 aromatic heterocycles. The molecule has 0 bridgehead atoms. The molecule has 3 heteroatoms. The predicted octanol–water partition coefficient (Wildman–Crippen LogP) is 4.64. The maximum absolute atomic E-state index is 10.5. The summed E-state index contributed by atoms with van der Waals surface area (Å²) < 4.78 is 5.68. The van der Waals surface area contributed by atoms with Crippen LogP contribution >= 0.6 is 11.6 Å². The fourth-order valence-electron chi connectivity index (χ4n) is 2.94. The van der Waals surface area contributed by atoms with E-state index in [1.54, 1.807) is 0 Å². The Morgan fingerprint density at radius 2 is 2.10 bits per heavy atom. The van der Waals surface area contributed by atoms with Gasteiger partial charge in [-0.3, -0.25) is 0 Å². The second-order valence-corrected chi connectivity index (χ2v) is 6.04. The third kappa shape index (κ3) is 3.07. The van der Waals surface area contributed by atoms with Crippen LogP contribution in [0.2, 0.25) is 5.02 Å². The van der Waals surface area contributed by atoms with Gasteiger partial charge in [-0.25, -0.2) is 0 Å². The van der Waals surface area contributed by atoms with Crippen LogP contribution in [0, 0.1) is 6.92 Å². The van der Waals surface area contributed by atoms with Crippen LogP contribution in [-0.2, 0) is 0 Å². The quantitative estimate of drug-likeness (QED) is 0.895. The lowest BCUT2D eigenvalue weighted by Crippen LogP contribution is -2.16. The van der Waals surface area contributed by atoms with Crippen molar-refractivity contribution in [3.05, 3.63) is 64.2 Å². The zero-order valence-electron chi connectivity index (χ0n) is 12.1. The fourth-order valence-corrected chi connectivity index (χ4v) is 3.06. The Hall–Kier alpha value is -1.51. The van der Waals surface area contributed by atoms with Gasteiger partial charge in [-0.1, -0.05) is 41.9 Å². The van der Waals surface area contributed by atoms with Crippen LogP contribution < -0.4 is 4.74 Å². The van der Waals surface area contributed by atoms with E-state index < -0.39 is 6.10 Å². The highest BCUT2D eigenvalue weighted by atomic mass is 35.5. The number of hydrogen-bond donors (Lipinski definition) is 1. The smallest absolute Gasteiger partial charge is 0.122 e. The van der Waals surface area contributed by atoms with Gasteiger partial charge < -0.3 is 9.84 Å². The average molecular weight is 303 g/mol. The van der Waals surface area contributed by atoms with Gasteiger partial charge in [-0.2, -0.15) is 0 Å². The molecule has 0 aliphatic carbocycles. The van der Waals surface area contributed by atoms with E-state index in [0.29, 0.717) is 18.9 Å². The zero-order valence-corrected chi connectivity index (χ0v) is 12.8. The number of ether oxygens (including phenoxy) is 1. The molecule has 0 radical (unpaired) electrons. The summed E-state index contributed by atoms with van der Waals surface area (Å²) in [7, 11) is 0. The molecule has 0 fully saturated rings. The molecule has 3 rings (SSSR count). The summed E-state index contributed by atoms with van der Waals surface area (Å²) in [4.78, 5) is 0. The first-order valence-electron chi connectivity index (χ1n) is 7.31. The van der Waals surface area contributed by atoms with Crippen LogP contribution in [-0.4, -0.2) is 11.7 Å². The highest BCUT2D eigenvalue weighted by Gasteiger charge is 2.24. The van der Waals surface area contributed by atoms with E-state index in [1.165, 1.54) is 5.56 Å². The number of aliphatic hydroxyl groups is 1. The van der Waals surface area contributed by atoms with Crippen LogP contribution in [0.15, 0.2) is 42.5 Å². The number of para-hydroxylation sites is 1. The van der Waals surface area contributed by atoms with Gasteiger partial charge in [0.15, 0.2) is 0 Å². The van der Waals surface area contributed by atoms with Gasteiger partial charge in [0.05, 0.1) is 12.7 Å². The summed E-state index contributed by atoms with van der Waals surface area (Å²) >= 11 is 6.05. The number of aliphatic hydroxyl groups excluding tert-OH is 1. The Bertz CT molecular complexity index is 639. The largest absolute Gasteiger partial charge is 0.493 e. The van der Waals surface area contributed by atoms with Crippen LogP contribution in [0.3, 0.4) is 0 Å². The Morgan fingerprint density at radius 1 is 1.29 bits per heavy atom. The van der Waals surface area contributed by atoms with E-state index in [-0.39, 0.29) is 0 Å². The van der Waals surface area contributed by atoms with E-state index >= 15 is 0 Å². The Balaban J connectivity index is 1.79. The molecule has 0 spiro atoms. The fraction of sp³-hybridized carbons (Fsp3) is 0.333. The molecule has 1 heterocycles. The molecule has 21 heavy (non-hydrogen) atoms. The highest BCUT2D eigenvalue weighted by molar-refractivity contribution is 6.31. The maximum Gasteiger partial charge on any atom is 0.122 e. The molecule has 2 nitrogen and oxygen atoms in total. The second-order valence-electron chi connectivity index (χ2n) is 5.63. The van der Waals surface area contributed by atoms with Crippen molar-refractivity contribution in [3.8, 4) is 5.75 Å². The lowest BCUT2D eigenvalue weighted by Gasteiger charge is -2.27. The second kappa shape index (κ2) is 6.08. The Morgan fingerprint density at radius 3 is 2.90 bits per heavy atom. The summed E-state index contributed by atoms with van der Waals surface area (Å²) in [6, 6.07) is 13.8. The Labute approximate surface area is 130 Å². The number of benzene rings is 2. The van der Waals surface area contributed by atoms with Crippen molar-refractivity contribution in [1.29, 1.82) is 0 Å². The van der Waals surface area contributed by atoms with Crippen molar-refractivity contribution in [2.24, 2.45) is 0 Å². The molecule has 1 N–H and O–H groups in total. The topological polar surface area (TPSA) is 29.5 Å². The van der Waals surface area contributed by atoms with Crippen molar-refractivity contribution in [1.82, 2.24) is 0 Å². The normalized spacial score (nSPS) is 18.7. The van der Waals surface area contributed by atoms with Crippen LogP contribution in [0.4, 0.5) is 0 Å². The molecular weight excluding hydrogens is 284 g/mol. The molecule has 110 valence electrons. The maximum atomic E-state index is 10.5. The van der Waals surface area contributed by atoms with Crippen molar-refractivity contribution in [3.63, 3.8) is 0 Å². The first-order valence-corrected chi connectivity index (χ1v) is 7.69. The minimum absolute atomic E-state index is 0.334. The molecule has 1 aliphatic heterocycles. The van der Waals surface area contributed by atoms with Gasteiger partial charge in [0.2, 0.25) is 0 Å². The first-order chi connectivity index (χ1) is 10.1. The highest BCUT2D eigenvalue weighted by Crippen LogP contribution is 2.39. The van der Waals surface area contributed by atoms with Crippen molar-refractivity contribution < 1.29 is 9.84 Å². The summed E-state index contributed by atoms with van der Waals surface area (Å²) in [6.07, 6.45) is 1.18. The summed E-state index contributed by atoms with van der Waals surface area (Å²) in [6.45, 7) is 2.68. The average Bonchev–Trinajstić information content (AvgIpc) is 2.50. The predicted molar refractivity (Wildman–Crippen MR) is 85.1 cm³/mol. The van der Waals surface area contributed by atoms with Gasteiger partial charge in [-0.15, -0.1) is 0 Å². The van der Waals surface area contributed by atoms with Gasteiger partial charge >= 0.3 is 0 Å². The summed E-state index contributed by atoms with van der Waals surface area (Å²) in [5.41, 5.74) is 3.13. The van der Waals surface area contributed by atoms with Gasteiger partial charge in [-0.05, 0) is 54.5 Å². The van der Waals surface area contributed by atoms with Crippen molar-refractivity contribution in [2.75, 3.05) is 6.61 Å². The van der Waals surface area contributed by atoms with E-state index in [4.69, 9.17) is 16.3 Å². The minimum Gasteiger partial charge on any atom is -0.493 e. The summed E-state index contributed by atoms with van der Waals surface area (Å²) in [5, 5.41) is 11.3. The summed E-state index contributed by atoms with van der Waals surface area (Å²) in [5.74, 6) is 1.29. The van der Waals surface area contributed by atoms with Crippen molar-refractivity contribution >= 4 is 11.6 Å². The number of rotatable bonds is 3. The minimum atomic E-state index is -0.475. The monoisotopic (exact) mass is 302 g/mol. The number of halogens is 1. The standard InChI is InChI=1S/C18H19ClO2/c1-12-10-14(6-7-16(12)19)17(20)11-13-8-9-21-18-5-3-2-4-15(13)18/h2-7,10,13,17,20H,8-9,11H2,1H3. The van der Waals surface area contributed by atoms with E-state index in [2.05, 4.69) is 6.07 Å². The number of hydrogen-bond acceptors (Lipinski definition) is 2. The SMILES string of the molecule is Cc1cc(C(O)CC2CCOc3ccccc32)ccc1Cl. The molecule has 2 aromatic rings.